The number of ether oxygens (including phenoxy) is 2. The molecule has 0 spiro atoms. The number of benzene rings is 2. The van der Waals surface area contributed by atoms with Gasteiger partial charge in [-0.25, -0.2) is 18.7 Å². The van der Waals surface area contributed by atoms with Crippen LogP contribution in [-0.2, 0) is 4.74 Å². The van der Waals surface area contributed by atoms with Gasteiger partial charge in [0, 0.05) is 18.9 Å². The van der Waals surface area contributed by atoms with Crippen molar-refractivity contribution in [2.75, 3.05) is 18.2 Å². The van der Waals surface area contributed by atoms with Gasteiger partial charge in [0.25, 0.3) is 0 Å². The van der Waals surface area contributed by atoms with Gasteiger partial charge < -0.3 is 20.5 Å². The normalized spacial score (nSPS) is 19.3. The number of hydrogen-bond acceptors (Lipinski definition) is 6. The van der Waals surface area contributed by atoms with Gasteiger partial charge >= 0.3 is 0 Å². The number of nitrogen functional groups attached to an aromatic ring is 1. The van der Waals surface area contributed by atoms with Crippen molar-refractivity contribution in [1.29, 1.82) is 0 Å². The van der Waals surface area contributed by atoms with Crippen molar-refractivity contribution in [3.8, 4) is 5.75 Å². The fourth-order valence-electron chi connectivity index (χ4n) is 3.65. The van der Waals surface area contributed by atoms with E-state index in [1.165, 1.54) is 24.5 Å². The van der Waals surface area contributed by atoms with Crippen molar-refractivity contribution in [2.45, 2.75) is 37.9 Å². The minimum Gasteiger partial charge on any atom is -0.488 e. The summed E-state index contributed by atoms with van der Waals surface area (Å²) in [7, 11) is 1.71. The van der Waals surface area contributed by atoms with E-state index in [4.69, 9.17) is 15.2 Å². The summed E-state index contributed by atoms with van der Waals surface area (Å²) in [5.41, 5.74) is 6.85. The van der Waals surface area contributed by atoms with Crippen LogP contribution in [-0.4, -0.2) is 29.3 Å². The van der Waals surface area contributed by atoms with Crippen molar-refractivity contribution in [2.24, 2.45) is 0 Å². The van der Waals surface area contributed by atoms with Crippen molar-refractivity contribution in [1.82, 2.24) is 9.97 Å². The molecule has 0 bridgehead atoms. The van der Waals surface area contributed by atoms with Crippen LogP contribution in [0.25, 0.3) is 10.9 Å². The number of anilines is 3. The van der Waals surface area contributed by atoms with Gasteiger partial charge in [-0.15, -0.1) is 0 Å². The Bertz CT molecular complexity index is 1020. The number of nitrogens with zero attached hydrogens (tertiary/aromatic N) is 2. The van der Waals surface area contributed by atoms with Crippen molar-refractivity contribution in [3.05, 3.63) is 48.3 Å². The van der Waals surface area contributed by atoms with Gasteiger partial charge in [0.1, 0.15) is 29.5 Å². The number of nitrogens with two attached hydrogens (primary N) is 1. The number of halogens is 2. The predicted octanol–water partition coefficient (Wildman–Crippen LogP) is 4.57. The topological polar surface area (TPSA) is 82.3 Å². The Kier molecular flexibility index (Phi) is 5.44. The molecule has 1 saturated carbocycles. The van der Waals surface area contributed by atoms with Gasteiger partial charge in [0.05, 0.1) is 28.8 Å². The number of methoxy groups -OCH3 is 1. The van der Waals surface area contributed by atoms with Crippen LogP contribution in [0.3, 0.4) is 0 Å². The summed E-state index contributed by atoms with van der Waals surface area (Å²) in [4.78, 5) is 8.23. The molecule has 0 amide bonds. The van der Waals surface area contributed by atoms with Crippen LogP contribution in [0.4, 0.5) is 26.0 Å². The molecule has 2 aromatic carbocycles. The summed E-state index contributed by atoms with van der Waals surface area (Å²) in [6.07, 6.45) is 4.94. The van der Waals surface area contributed by atoms with E-state index in [1.807, 2.05) is 0 Å². The third kappa shape index (κ3) is 4.22. The van der Waals surface area contributed by atoms with E-state index in [0.29, 0.717) is 17.0 Å². The number of hydrogen-bond donors (Lipinski definition) is 2. The van der Waals surface area contributed by atoms with Gasteiger partial charge in [0.2, 0.25) is 0 Å². The molecule has 1 fully saturated rings. The molecule has 152 valence electrons. The molecule has 8 heteroatoms. The highest BCUT2D eigenvalue weighted by Gasteiger charge is 2.23. The van der Waals surface area contributed by atoms with Gasteiger partial charge in [-0.3, -0.25) is 0 Å². The maximum Gasteiger partial charge on any atom is 0.146 e. The quantitative estimate of drug-likeness (QED) is 0.611. The summed E-state index contributed by atoms with van der Waals surface area (Å²) in [6, 6.07) is 6.97. The molecule has 1 heterocycles. The average molecular weight is 400 g/mol. The third-order valence-corrected chi connectivity index (χ3v) is 5.16. The maximum absolute atomic E-state index is 14.5. The molecular weight excluding hydrogens is 378 g/mol. The first-order valence-corrected chi connectivity index (χ1v) is 9.49. The maximum atomic E-state index is 14.5. The van der Waals surface area contributed by atoms with Crippen LogP contribution in [0.1, 0.15) is 25.7 Å². The third-order valence-electron chi connectivity index (χ3n) is 5.16. The highest BCUT2D eigenvalue weighted by molar-refractivity contribution is 5.93. The fraction of sp³-hybridized carbons (Fsp3) is 0.333. The average Bonchev–Trinajstić information content (AvgIpc) is 2.70. The van der Waals surface area contributed by atoms with Crippen molar-refractivity contribution < 1.29 is 18.3 Å². The predicted molar refractivity (Wildman–Crippen MR) is 107 cm³/mol. The smallest absolute Gasteiger partial charge is 0.146 e. The molecule has 1 aliphatic rings. The van der Waals surface area contributed by atoms with E-state index in [2.05, 4.69) is 15.3 Å². The molecule has 0 saturated heterocycles. The Morgan fingerprint density at radius 2 is 1.79 bits per heavy atom. The van der Waals surface area contributed by atoms with Crippen molar-refractivity contribution in [3.63, 3.8) is 0 Å². The number of fused-ring (bicyclic) bond motifs is 1. The molecule has 3 aromatic rings. The van der Waals surface area contributed by atoms with Crippen LogP contribution in [0.2, 0.25) is 0 Å². The zero-order valence-electron chi connectivity index (χ0n) is 16.0. The first kappa shape index (κ1) is 19.3. The SMILES string of the molecule is COC1CCC(Oc2cc(F)ccc2Nc2ncnc3cc(N)cc(F)c23)CC1. The zero-order valence-corrected chi connectivity index (χ0v) is 16.0. The lowest BCUT2D eigenvalue weighted by molar-refractivity contribution is 0.0329. The molecule has 0 radical (unpaired) electrons. The summed E-state index contributed by atoms with van der Waals surface area (Å²) in [6.45, 7) is 0. The highest BCUT2D eigenvalue weighted by Crippen LogP contribution is 2.34. The van der Waals surface area contributed by atoms with Gasteiger partial charge in [-0.1, -0.05) is 0 Å². The molecular formula is C21H22F2N4O2. The second-order valence-electron chi connectivity index (χ2n) is 7.14. The van der Waals surface area contributed by atoms with E-state index in [9.17, 15) is 8.78 Å². The van der Waals surface area contributed by atoms with E-state index in [-0.39, 0.29) is 29.1 Å². The Balaban J connectivity index is 1.62. The van der Waals surface area contributed by atoms with E-state index >= 15 is 0 Å². The minimum atomic E-state index is -0.537. The lowest BCUT2D eigenvalue weighted by Gasteiger charge is -2.28. The summed E-state index contributed by atoms with van der Waals surface area (Å²) in [5, 5.41) is 3.27. The Labute approximate surface area is 167 Å². The first-order valence-electron chi connectivity index (χ1n) is 9.49. The Morgan fingerprint density at radius 3 is 2.55 bits per heavy atom. The van der Waals surface area contributed by atoms with Crippen LogP contribution in [0.5, 0.6) is 5.75 Å². The molecule has 3 N–H and O–H groups in total. The van der Waals surface area contributed by atoms with Crippen LogP contribution in [0, 0.1) is 11.6 Å². The van der Waals surface area contributed by atoms with E-state index in [1.54, 1.807) is 19.2 Å². The summed E-state index contributed by atoms with van der Waals surface area (Å²) >= 11 is 0. The van der Waals surface area contributed by atoms with Crippen LogP contribution < -0.4 is 15.8 Å². The van der Waals surface area contributed by atoms with Crippen LogP contribution >= 0.6 is 0 Å². The number of rotatable bonds is 5. The lowest BCUT2D eigenvalue weighted by Crippen LogP contribution is -2.27. The number of nitrogens with one attached hydrogen (secondary N) is 1. The summed E-state index contributed by atoms with van der Waals surface area (Å²) in [5.74, 6) is -0.339. The van der Waals surface area contributed by atoms with Crippen LogP contribution in [0.15, 0.2) is 36.7 Å². The fourth-order valence-corrected chi connectivity index (χ4v) is 3.65. The molecule has 0 atom stereocenters. The number of aromatic nitrogens is 2. The Morgan fingerprint density at radius 1 is 1.03 bits per heavy atom. The van der Waals surface area contributed by atoms with Crippen molar-refractivity contribution >= 4 is 28.1 Å². The standard InChI is InChI=1S/C21H22F2N4O2/c1-28-14-3-5-15(6-4-14)29-19-8-12(22)2-7-17(19)27-21-20-16(23)9-13(24)10-18(20)25-11-26-21/h2,7-11,14-15H,3-6,24H2,1H3,(H,25,26,27). The molecule has 4 rings (SSSR count). The van der Waals surface area contributed by atoms with Gasteiger partial charge in [-0.05, 0) is 49.9 Å². The first-order chi connectivity index (χ1) is 14.0. The molecule has 1 aliphatic carbocycles. The second-order valence-corrected chi connectivity index (χ2v) is 7.14. The minimum absolute atomic E-state index is 0.0394. The summed E-state index contributed by atoms with van der Waals surface area (Å²) < 4.78 is 39.9. The largest absolute Gasteiger partial charge is 0.488 e. The van der Waals surface area contributed by atoms with Gasteiger partial charge in [-0.2, -0.15) is 0 Å². The van der Waals surface area contributed by atoms with Gasteiger partial charge in [0.15, 0.2) is 0 Å². The van der Waals surface area contributed by atoms with E-state index in [0.717, 1.165) is 25.7 Å². The Hall–Kier alpha value is -3.00. The molecule has 29 heavy (non-hydrogen) atoms. The highest BCUT2D eigenvalue weighted by atomic mass is 19.1. The monoisotopic (exact) mass is 400 g/mol. The molecule has 1 aromatic heterocycles. The van der Waals surface area contributed by atoms with E-state index < -0.39 is 11.6 Å². The molecule has 0 aliphatic heterocycles. The zero-order chi connectivity index (χ0) is 20.4. The molecule has 6 nitrogen and oxygen atoms in total. The molecule has 0 unspecified atom stereocenters. The second kappa shape index (κ2) is 8.16. The lowest BCUT2D eigenvalue weighted by atomic mass is 9.95.